The zero-order valence-electron chi connectivity index (χ0n) is 33.0. The van der Waals surface area contributed by atoms with Crippen LogP contribution in [0.5, 0.6) is 11.5 Å². The molecule has 10 heteroatoms. The summed E-state index contributed by atoms with van der Waals surface area (Å²) in [6, 6.07) is 12.1. The summed E-state index contributed by atoms with van der Waals surface area (Å²) in [6.45, 7) is 6.83. The molecule has 0 radical (unpaired) electrons. The van der Waals surface area contributed by atoms with E-state index in [2.05, 4.69) is 90.7 Å². The molecule has 10 rings (SSSR count). The third-order valence-electron chi connectivity index (χ3n) is 16.2. The first-order chi connectivity index (χ1) is 26.1. The van der Waals surface area contributed by atoms with Gasteiger partial charge in [-0.05, 0) is 105 Å². The van der Waals surface area contributed by atoms with Crippen molar-refractivity contribution in [2.45, 2.75) is 81.3 Å². The SMILES string of the molecule is CC=C1CN2CC[C@@]34c5cc([C@H](C)[C@H]6[C@@H]7C[C@H]8c9c(c%10cc(OC)ccc%10n9C)C[C@@H]([C@@H]7CO[C@@H]6O)N8C)c(OC)cc5N(C)[C@H]3[C@@H]2C[C@@H]1[C@@H]4C(=O)OC. The monoisotopic (exact) mass is 736 g/mol. The molecule has 5 bridgehead atoms. The molecule has 5 fully saturated rings. The first kappa shape index (κ1) is 34.9. The van der Waals surface area contributed by atoms with Crippen LogP contribution in [0.25, 0.3) is 10.9 Å². The first-order valence-corrected chi connectivity index (χ1v) is 20.2. The van der Waals surface area contributed by atoms with Gasteiger partial charge in [-0.2, -0.15) is 0 Å². The fourth-order valence-corrected chi connectivity index (χ4v) is 13.8. The molecule has 12 atom stereocenters. The fraction of sp³-hybridized carbons (Fsp3) is 0.614. The Labute approximate surface area is 318 Å². The molecule has 0 amide bonds. The van der Waals surface area contributed by atoms with E-state index < -0.39 is 6.29 Å². The number of esters is 1. The predicted molar refractivity (Wildman–Crippen MR) is 207 cm³/mol. The number of aliphatic hydroxyl groups is 1. The number of carbonyl (C=O) groups excluding carboxylic acids is 1. The molecule has 0 spiro atoms. The number of aryl methyl sites for hydroxylation is 1. The molecule has 288 valence electrons. The van der Waals surface area contributed by atoms with E-state index in [-0.39, 0.29) is 59.0 Å². The zero-order valence-corrected chi connectivity index (χ0v) is 33.0. The predicted octanol–water partition coefficient (Wildman–Crippen LogP) is 5.40. The van der Waals surface area contributed by atoms with E-state index in [1.54, 1.807) is 21.3 Å². The summed E-state index contributed by atoms with van der Waals surface area (Å²) in [6.07, 6.45) is 5.13. The Morgan fingerprint density at radius 3 is 2.61 bits per heavy atom. The largest absolute Gasteiger partial charge is 0.497 e. The van der Waals surface area contributed by atoms with Crippen LogP contribution in [-0.2, 0) is 33.2 Å². The van der Waals surface area contributed by atoms with Crippen molar-refractivity contribution >= 4 is 22.6 Å². The van der Waals surface area contributed by atoms with Crippen molar-refractivity contribution in [2.75, 3.05) is 60.0 Å². The first-order valence-electron chi connectivity index (χ1n) is 20.2. The molecule has 54 heavy (non-hydrogen) atoms. The van der Waals surface area contributed by atoms with E-state index in [9.17, 15) is 9.90 Å². The van der Waals surface area contributed by atoms with Gasteiger partial charge in [0.05, 0.1) is 45.9 Å². The zero-order chi connectivity index (χ0) is 37.5. The number of likely N-dealkylation sites (N-methyl/N-ethyl adjacent to an activating group) is 2. The third kappa shape index (κ3) is 4.34. The molecule has 3 aromatic rings. The molecule has 0 unspecified atom stereocenters. The average Bonchev–Trinajstić information content (AvgIpc) is 3.60. The van der Waals surface area contributed by atoms with Crippen LogP contribution in [0.15, 0.2) is 42.0 Å². The summed E-state index contributed by atoms with van der Waals surface area (Å²) in [5, 5.41) is 13.2. The Morgan fingerprint density at radius 1 is 1.06 bits per heavy atom. The van der Waals surface area contributed by atoms with Crippen LogP contribution >= 0.6 is 0 Å². The molecule has 2 aromatic carbocycles. The lowest BCUT2D eigenvalue weighted by atomic mass is 9.50. The number of fused-ring (bicyclic) bond motifs is 10. The molecular weight excluding hydrogens is 681 g/mol. The Morgan fingerprint density at radius 2 is 1.87 bits per heavy atom. The Bertz CT molecular complexity index is 2080. The van der Waals surface area contributed by atoms with Crippen molar-refractivity contribution < 1.29 is 28.8 Å². The number of methoxy groups -OCH3 is 3. The van der Waals surface area contributed by atoms with Gasteiger partial charge in [-0.25, -0.2) is 0 Å². The van der Waals surface area contributed by atoms with E-state index in [1.807, 2.05) is 0 Å². The van der Waals surface area contributed by atoms with Crippen LogP contribution in [0.3, 0.4) is 0 Å². The molecule has 1 N–H and O–H groups in total. The maximum atomic E-state index is 14.1. The standard InChI is InChI=1S/C44H56N4O6/c1-9-23-20-48-13-12-44-31-15-25(37(52-7)19-34(31)47(5)41(44)36(48)16-26(23)39(44)43(50)53-8)22(2)38-28-17-35-40-29(18-33(45(35)3)30(28)21-54-42(38)49)27-14-24(51-6)10-11-32(27)46(40)4/h9-11,14-15,19,22,26,28,30,33,35-36,38-39,41-42,49H,12-13,16-18,20-21H2,1-8H3/t22-,26-,28+,30+,33-,35-,36-,38-,39+,41-,42-,44-/m0/s1. The molecule has 4 saturated heterocycles. The van der Waals surface area contributed by atoms with Crippen LogP contribution < -0.4 is 14.4 Å². The highest BCUT2D eigenvalue weighted by atomic mass is 16.6. The fourth-order valence-electron chi connectivity index (χ4n) is 13.8. The minimum atomic E-state index is -0.884. The minimum absolute atomic E-state index is 0.0555. The van der Waals surface area contributed by atoms with E-state index in [0.717, 1.165) is 61.5 Å². The highest BCUT2D eigenvalue weighted by Crippen LogP contribution is 2.65. The van der Waals surface area contributed by atoms with Gasteiger partial charge in [0.1, 0.15) is 11.5 Å². The lowest BCUT2D eigenvalue weighted by Crippen LogP contribution is -2.72. The second kappa shape index (κ2) is 12.2. The second-order valence-electron chi connectivity index (χ2n) is 17.6. The maximum Gasteiger partial charge on any atom is 0.310 e. The second-order valence-corrected chi connectivity index (χ2v) is 17.6. The number of aliphatic hydroxyl groups excluding tert-OH is 1. The topological polar surface area (TPSA) is 88.9 Å². The maximum absolute atomic E-state index is 14.1. The van der Waals surface area contributed by atoms with Gasteiger partial charge < -0.3 is 33.5 Å². The van der Waals surface area contributed by atoms with Gasteiger partial charge in [-0.1, -0.05) is 18.6 Å². The summed E-state index contributed by atoms with van der Waals surface area (Å²) in [5.41, 5.74) is 8.55. The van der Waals surface area contributed by atoms with E-state index in [0.29, 0.717) is 18.7 Å². The lowest BCUT2D eigenvalue weighted by Gasteiger charge is -2.63. The van der Waals surface area contributed by atoms with Gasteiger partial charge in [0.2, 0.25) is 0 Å². The molecule has 1 saturated carbocycles. The number of hydrogen-bond acceptors (Lipinski definition) is 9. The average molecular weight is 737 g/mol. The van der Waals surface area contributed by atoms with Crippen molar-refractivity contribution in [3.63, 3.8) is 0 Å². The van der Waals surface area contributed by atoms with Gasteiger partial charge in [0, 0.05) is 78.3 Å². The Kier molecular flexibility index (Phi) is 7.89. The summed E-state index contributed by atoms with van der Waals surface area (Å²) in [7, 11) is 11.8. The van der Waals surface area contributed by atoms with Gasteiger partial charge in [-0.3, -0.25) is 14.6 Å². The van der Waals surface area contributed by atoms with E-state index in [1.165, 1.54) is 33.3 Å². The van der Waals surface area contributed by atoms with Crippen LogP contribution in [0.4, 0.5) is 5.69 Å². The number of piperidine rings is 3. The summed E-state index contributed by atoms with van der Waals surface area (Å²) in [4.78, 5) is 21.8. The van der Waals surface area contributed by atoms with Crippen molar-refractivity contribution in [2.24, 2.45) is 36.6 Å². The normalized spacial score (nSPS) is 37.8. The number of carbonyl (C=O) groups is 1. The molecule has 10 nitrogen and oxygen atoms in total. The van der Waals surface area contributed by atoms with E-state index >= 15 is 0 Å². The molecule has 1 aliphatic carbocycles. The minimum Gasteiger partial charge on any atom is -0.497 e. The number of anilines is 1. The number of allylic oxidation sites excluding steroid dienone is 1. The highest BCUT2D eigenvalue weighted by Gasteiger charge is 2.69. The van der Waals surface area contributed by atoms with Crippen molar-refractivity contribution in [1.29, 1.82) is 0 Å². The summed E-state index contributed by atoms with van der Waals surface area (Å²) >= 11 is 0. The Balaban J connectivity index is 1.07. The van der Waals surface area contributed by atoms with Gasteiger partial charge in [0.15, 0.2) is 6.29 Å². The molecule has 6 aliphatic heterocycles. The third-order valence-corrected chi connectivity index (χ3v) is 16.2. The quantitative estimate of drug-likeness (QED) is 0.274. The number of benzene rings is 2. The van der Waals surface area contributed by atoms with Gasteiger partial charge >= 0.3 is 5.97 Å². The number of hydrogen-bond donors (Lipinski definition) is 1. The number of ether oxygens (including phenoxy) is 4. The molecule has 7 heterocycles. The van der Waals surface area contributed by atoms with E-state index in [4.69, 9.17) is 18.9 Å². The summed E-state index contributed by atoms with van der Waals surface area (Å²) in [5.74, 6) is 1.89. The molecule has 7 aliphatic rings. The van der Waals surface area contributed by atoms with Gasteiger partial charge in [-0.15, -0.1) is 0 Å². The van der Waals surface area contributed by atoms with Crippen LogP contribution in [-0.4, -0.2) is 105 Å². The highest BCUT2D eigenvalue weighted by molar-refractivity contribution is 5.87. The number of nitrogens with zero attached hydrogens (tertiary/aromatic N) is 4. The summed E-state index contributed by atoms with van der Waals surface area (Å²) < 4.78 is 26.4. The van der Waals surface area contributed by atoms with Crippen molar-refractivity contribution in [1.82, 2.24) is 14.4 Å². The Hall–Kier alpha value is -3.57. The van der Waals surface area contributed by atoms with Gasteiger partial charge in [0.25, 0.3) is 0 Å². The number of aromatic nitrogens is 1. The van der Waals surface area contributed by atoms with Crippen LogP contribution in [0.2, 0.25) is 0 Å². The number of rotatable bonds is 5. The lowest BCUT2D eigenvalue weighted by molar-refractivity contribution is -0.226. The molecule has 1 aromatic heterocycles. The smallest absolute Gasteiger partial charge is 0.310 e. The van der Waals surface area contributed by atoms with Crippen molar-refractivity contribution in [3.8, 4) is 11.5 Å². The van der Waals surface area contributed by atoms with Crippen LogP contribution in [0.1, 0.15) is 67.5 Å². The molecular formula is C44H56N4O6. The van der Waals surface area contributed by atoms with Crippen molar-refractivity contribution in [3.05, 3.63) is 64.4 Å². The van der Waals surface area contributed by atoms with Crippen LogP contribution in [0, 0.1) is 29.6 Å².